The van der Waals surface area contributed by atoms with E-state index < -0.39 is 0 Å². The molecule has 0 saturated carbocycles. The average Bonchev–Trinajstić information content (AvgIpc) is 2.96. The third-order valence-electron chi connectivity index (χ3n) is 6.71. The van der Waals surface area contributed by atoms with Crippen LogP contribution in [0, 0.1) is 5.41 Å². The topological polar surface area (TPSA) is 74.6 Å². The van der Waals surface area contributed by atoms with Crippen LogP contribution in [0.25, 0.3) is 33.0 Å². The van der Waals surface area contributed by atoms with Crippen molar-refractivity contribution in [3.63, 3.8) is 0 Å². The smallest absolute Gasteiger partial charge is 0.153 e. The molecule has 186 valence electrons. The average molecular weight is 495 g/mol. The molecular formula is C34H30N4. The van der Waals surface area contributed by atoms with Gasteiger partial charge in [0.1, 0.15) is 0 Å². The molecule has 4 nitrogen and oxygen atoms in total. The molecule has 5 rings (SSSR count). The summed E-state index contributed by atoms with van der Waals surface area (Å²) in [5, 5.41) is 9.63. The molecule has 0 spiro atoms. The standard InChI is InChI=1S/C34H30N4/c1-37-34(38-20-8-19-35)29-13-7-12-27(23-29)26-11-6-9-24(21-26)22-28-18-17-25-10-2-3-14-30(25)33(28)31-15-4-5-16-32(31)36/h2-7,9-19,21,23,35H,1,8,20,22,36H2. The molecule has 5 aromatic rings. The number of nitrogens with two attached hydrogens (primary N) is 1. The van der Waals surface area contributed by atoms with E-state index in [4.69, 9.17) is 11.1 Å². The number of rotatable bonds is 8. The zero-order valence-corrected chi connectivity index (χ0v) is 21.3. The third kappa shape index (κ3) is 5.30. The number of nitrogens with one attached hydrogen (secondary N) is 1. The van der Waals surface area contributed by atoms with Gasteiger partial charge in [0, 0.05) is 29.8 Å². The molecule has 0 aromatic heterocycles. The summed E-state index contributed by atoms with van der Waals surface area (Å²) >= 11 is 0. The SMILES string of the molecule is C=NC(=NCCC=N)c1cccc(-c2cccc(Cc3ccc4ccccc4c3-c3ccccc3N)c2)c1. The summed E-state index contributed by atoms with van der Waals surface area (Å²) in [5.41, 5.74) is 15.1. The Labute approximate surface area is 223 Å². The summed E-state index contributed by atoms with van der Waals surface area (Å²) < 4.78 is 0. The van der Waals surface area contributed by atoms with E-state index in [2.05, 4.69) is 95.6 Å². The van der Waals surface area contributed by atoms with Gasteiger partial charge < -0.3 is 11.1 Å². The predicted octanol–water partition coefficient (Wildman–Crippen LogP) is 7.83. The van der Waals surface area contributed by atoms with E-state index >= 15 is 0 Å². The lowest BCUT2D eigenvalue weighted by molar-refractivity contribution is 1.05. The van der Waals surface area contributed by atoms with E-state index in [1.165, 1.54) is 33.7 Å². The minimum absolute atomic E-state index is 0.525. The normalized spacial score (nSPS) is 11.4. The number of hydrogen-bond donors (Lipinski definition) is 2. The number of fused-ring (bicyclic) bond motifs is 1. The molecule has 4 heteroatoms. The number of aliphatic imine (C=N–C) groups is 2. The van der Waals surface area contributed by atoms with Gasteiger partial charge in [0.2, 0.25) is 0 Å². The molecule has 0 amide bonds. The number of benzene rings is 5. The van der Waals surface area contributed by atoms with Crippen molar-refractivity contribution in [1.82, 2.24) is 0 Å². The number of nitrogens with zero attached hydrogens (tertiary/aromatic N) is 2. The van der Waals surface area contributed by atoms with Crippen molar-refractivity contribution >= 4 is 35.2 Å². The number of nitrogen functional groups attached to an aromatic ring is 1. The fourth-order valence-electron chi connectivity index (χ4n) is 4.89. The second-order valence-corrected chi connectivity index (χ2v) is 9.22. The Morgan fingerprint density at radius 2 is 1.58 bits per heavy atom. The Balaban J connectivity index is 1.53. The fraction of sp³-hybridized carbons (Fsp3) is 0.0882. The van der Waals surface area contributed by atoms with Crippen LogP contribution in [0.2, 0.25) is 0 Å². The number of hydrogen-bond acceptors (Lipinski definition) is 3. The Bertz CT molecular complexity index is 1650. The van der Waals surface area contributed by atoms with Gasteiger partial charge >= 0.3 is 0 Å². The van der Waals surface area contributed by atoms with E-state index in [1.807, 2.05) is 30.3 Å². The molecule has 0 aliphatic carbocycles. The molecule has 0 unspecified atom stereocenters. The van der Waals surface area contributed by atoms with Crippen LogP contribution >= 0.6 is 0 Å². The summed E-state index contributed by atoms with van der Waals surface area (Å²) in [6, 6.07) is 37.9. The van der Waals surface area contributed by atoms with E-state index in [9.17, 15) is 0 Å². The van der Waals surface area contributed by atoms with E-state index in [0.29, 0.717) is 18.8 Å². The molecule has 0 aliphatic rings. The lowest BCUT2D eigenvalue weighted by Crippen LogP contribution is -1.99. The summed E-state index contributed by atoms with van der Waals surface area (Å²) in [6.45, 7) is 4.22. The van der Waals surface area contributed by atoms with Crippen LogP contribution in [0.4, 0.5) is 5.69 Å². The first-order valence-electron chi connectivity index (χ1n) is 12.7. The second-order valence-electron chi connectivity index (χ2n) is 9.22. The highest BCUT2D eigenvalue weighted by atomic mass is 14.9. The zero-order valence-electron chi connectivity index (χ0n) is 21.3. The van der Waals surface area contributed by atoms with Crippen LogP contribution in [0.3, 0.4) is 0 Å². The molecule has 0 heterocycles. The highest BCUT2D eigenvalue weighted by Crippen LogP contribution is 2.37. The van der Waals surface area contributed by atoms with E-state index in [1.54, 1.807) is 0 Å². The molecule has 0 radical (unpaired) electrons. The van der Waals surface area contributed by atoms with Crippen molar-refractivity contribution in [2.75, 3.05) is 12.3 Å². The Morgan fingerprint density at radius 1 is 0.816 bits per heavy atom. The van der Waals surface area contributed by atoms with Crippen molar-refractivity contribution in [2.24, 2.45) is 9.98 Å². The van der Waals surface area contributed by atoms with Crippen molar-refractivity contribution in [2.45, 2.75) is 12.8 Å². The highest BCUT2D eigenvalue weighted by molar-refractivity contribution is 6.02. The van der Waals surface area contributed by atoms with Crippen LogP contribution in [0.1, 0.15) is 23.1 Å². The zero-order chi connectivity index (χ0) is 26.3. The van der Waals surface area contributed by atoms with Crippen molar-refractivity contribution < 1.29 is 0 Å². The van der Waals surface area contributed by atoms with Crippen molar-refractivity contribution in [1.29, 1.82) is 5.41 Å². The first-order chi connectivity index (χ1) is 18.7. The Kier molecular flexibility index (Phi) is 7.51. The van der Waals surface area contributed by atoms with E-state index in [-0.39, 0.29) is 0 Å². The van der Waals surface area contributed by atoms with Crippen LogP contribution in [-0.2, 0) is 6.42 Å². The van der Waals surface area contributed by atoms with Gasteiger partial charge in [-0.15, -0.1) is 0 Å². The lowest BCUT2D eigenvalue weighted by Gasteiger charge is -2.16. The molecule has 38 heavy (non-hydrogen) atoms. The maximum absolute atomic E-state index is 7.22. The minimum atomic E-state index is 0.525. The number of anilines is 1. The minimum Gasteiger partial charge on any atom is -0.398 e. The van der Waals surface area contributed by atoms with Crippen molar-refractivity contribution in [3.8, 4) is 22.3 Å². The van der Waals surface area contributed by atoms with Crippen LogP contribution in [0.15, 0.2) is 119 Å². The summed E-state index contributed by atoms with van der Waals surface area (Å²) in [7, 11) is 0. The first-order valence-corrected chi connectivity index (χ1v) is 12.7. The lowest BCUT2D eigenvalue weighted by atomic mass is 9.89. The molecule has 5 aromatic carbocycles. The van der Waals surface area contributed by atoms with Gasteiger partial charge in [-0.3, -0.25) is 4.99 Å². The van der Waals surface area contributed by atoms with Gasteiger partial charge in [0.25, 0.3) is 0 Å². The second kappa shape index (κ2) is 11.5. The van der Waals surface area contributed by atoms with E-state index in [0.717, 1.165) is 34.4 Å². The quantitative estimate of drug-likeness (QED) is 0.0980. The largest absolute Gasteiger partial charge is 0.398 e. The number of amidine groups is 1. The van der Waals surface area contributed by atoms with Crippen molar-refractivity contribution in [3.05, 3.63) is 126 Å². The van der Waals surface area contributed by atoms with Crippen LogP contribution < -0.4 is 5.73 Å². The van der Waals surface area contributed by atoms with Gasteiger partial charge in [-0.05, 0) is 70.1 Å². The van der Waals surface area contributed by atoms with Gasteiger partial charge in [-0.1, -0.05) is 97.1 Å². The number of para-hydroxylation sites is 1. The summed E-state index contributed by atoms with van der Waals surface area (Å²) in [4.78, 5) is 8.63. The molecule has 0 saturated heterocycles. The highest BCUT2D eigenvalue weighted by Gasteiger charge is 2.13. The molecular weight excluding hydrogens is 464 g/mol. The van der Waals surface area contributed by atoms with Gasteiger partial charge in [-0.2, -0.15) is 0 Å². The first kappa shape index (κ1) is 24.8. The predicted molar refractivity (Wildman–Crippen MR) is 163 cm³/mol. The Hall–Kier alpha value is -4.83. The summed E-state index contributed by atoms with van der Waals surface area (Å²) in [6.07, 6.45) is 2.73. The molecule has 3 N–H and O–H groups in total. The van der Waals surface area contributed by atoms with Gasteiger partial charge in [-0.25, -0.2) is 4.99 Å². The Morgan fingerprint density at radius 3 is 2.39 bits per heavy atom. The molecule has 0 aliphatic heterocycles. The van der Waals surface area contributed by atoms with Gasteiger partial charge in [0.05, 0.1) is 0 Å². The van der Waals surface area contributed by atoms with Crippen LogP contribution in [-0.4, -0.2) is 25.3 Å². The summed E-state index contributed by atoms with van der Waals surface area (Å²) in [5.74, 6) is 0.603. The molecule has 0 fully saturated rings. The van der Waals surface area contributed by atoms with Gasteiger partial charge in [0.15, 0.2) is 5.84 Å². The fourth-order valence-corrected chi connectivity index (χ4v) is 4.89. The monoisotopic (exact) mass is 494 g/mol. The maximum Gasteiger partial charge on any atom is 0.153 e. The third-order valence-corrected chi connectivity index (χ3v) is 6.71. The molecule has 0 atom stereocenters. The molecule has 0 bridgehead atoms. The van der Waals surface area contributed by atoms with Crippen LogP contribution in [0.5, 0.6) is 0 Å². The maximum atomic E-state index is 7.22.